The van der Waals surface area contributed by atoms with Gasteiger partial charge in [0.25, 0.3) is 0 Å². The van der Waals surface area contributed by atoms with Crippen LogP contribution in [-0.2, 0) is 5.88 Å². The second kappa shape index (κ2) is 5.87. The third kappa shape index (κ3) is 3.01. The highest BCUT2D eigenvalue weighted by Crippen LogP contribution is 2.15. The first-order valence-corrected chi connectivity index (χ1v) is 6.47. The van der Waals surface area contributed by atoms with Gasteiger partial charge < -0.3 is 4.74 Å². The van der Waals surface area contributed by atoms with Crippen molar-refractivity contribution in [3.63, 3.8) is 0 Å². The standard InChI is InChI=1S/C13H16ClN3O/c1-3-4-18-12-8-15-17(9-12)13-6-11(7-14)5-10(2)16-13/h5-6,8-9H,3-4,7H2,1-2H3. The van der Waals surface area contributed by atoms with E-state index in [0.29, 0.717) is 12.5 Å². The van der Waals surface area contributed by atoms with E-state index < -0.39 is 0 Å². The van der Waals surface area contributed by atoms with Gasteiger partial charge in [-0.3, -0.25) is 0 Å². The van der Waals surface area contributed by atoms with E-state index in [1.165, 1.54) is 0 Å². The Morgan fingerprint density at radius 3 is 2.94 bits per heavy atom. The minimum absolute atomic E-state index is 0.469. The number of ether oxygens (including phenoxy) is 1. The molecule has 0 aromatic carbocycles. The van der Waals surface area contributed by atoms with Crippen LogP contribution in [0.5, 0.6) is 5.75 Å². The van der Waals surface area contributed by atoms with Gasteiger partial charge in [-0.2, -0.15) is 5.10 Å². The number of rotatable bonds is 5. The molecular weight excluding hydrogens is 250 g/mol. The van der Waals surface area contributed by atoms with Crippen molar-refractivity contribution in [1.82, 2.24) is 14.8 Å². The Kier molecular flexibility index (Phi) is 4.20. The summed E-state index contributed by atoms with van der Waals surface area (Å²) in [7, 11) is 0. The topological polar surface area (TPSA) is 39.9 Å². The lowest BCUT2D eigenvalue weighted by atomic mass is 10.2. The molecule has 0 amide bonds. The Hall–Kier alpha value is -1.55. The molecule has 0 unspecified atom stereocenters. The SMILES string of the molecule is CCCOc1cnn(-c2cc(CCl)cc(C)n2)c1. The van der Waals surface area contributed by atoms with E-state index in [-0.39, 0.29) is 0 Å². The van der Waals surface area contributed by atoms with Gasteiger partial charge in [0.05, 0.1) is 19.0 Å². The summed E-state index contributed by atoms with van der Waals surface area (Å²) in [5, 5.41) is 4.24. The Labute approximate surface area is 112 Å². The van der Waals surface area contributed by atoms with E-state index in [0.717, 1.165) is 29.2 Å². The van der Waals surface area contributed by atoms with Crippen LogP contribution < -0.4 is 4.74 Å². The minimum Gasteiger partial charge on any atom is -0.490 e. The van der Waals surface area contributed by atoms with E-state index in [1.54, 1.807) is 10.9 Å². The second-order valence-corrected chi connectivity index (χ2v) is 4.34. The molecule has 0 atom stereocenters. The van der Waals surface area contributed by atoms with Crippen molar-refractivity contribution in [2.45, 2.75) is 26.1 Å². The van der Waals surface area contributed by atoms with Crippen molar-refractivity contribution in [3.05, 3.63) is 35.8 Å². The van der Waals surface area contributed by atoms with Gasteiger partial charge in [0.2, 0.25) is 0 Å². The summed E-state index contributed by atoms with van der Waals surface area (Å²) < 4.78 is 7.21. The fraction of sp³-hybridized carbons (Fsp3) is 0.385. The molecule has 0 spiro atoms. The van der Waals surface area contributed by atoms with Crippen LogP contribution in [0, 0.1) is 6.92 Å². The smallest absolute Gasteiger partial charge is 0.157 e. The van der Waals surface area contributed by atoms with Crippen LogP contribution >= 0.6 is 11.6 Å². The number of nitrogens with zero attached hydrogens (tertiary/aromatic N) is 3. The summed E-state index contributed by atoms with van der Waals surface area (Å²) in [5.74, 6) is 1.99. The number of aryl methyl sites for hydroxylation is 1. The van der Waals surface area contributed by atoms with Crippen molar-refractivity contribution < 1.29 is 4.74 Å². The van der Waals surface area contributed by atoms with Crippen LogP contribution in [-0.4, -0.2) is 21.4 Å². The first-order valence-electron chi connectivity index (χ1n) is 5.94. The number of hydrogen-bond acceptors (Lipinski definition) is 3. The molecular formula is C13H16ClN3O. The second-order valence-electron chi connectivity index (χ2n) is 4.08. The molecule has 0 fully saturated rings. The molecule has 0 radical (unpaired) electrons. The first-order chi connectivity index (χ1) is 8.72. The molecule has 2 rings (SSSR count). The number of aromatic nitrogens is 3. The highest BCUT2D eigenvalue weighted by atomic mass is 35.5. The fourth-order valence-electron chi connectivity index (χ4n) is 1.64. The van der Waals surface area contributed by atoms with Gasteiger partial charge in [0.1, 0.15) is 0 Å². The molecule has 2 aromatic heterocycles. The Bertz CT molecular complexity index is 525. The van der Waals surface area contributed by atoms with Gasteiger partial charge >= 0.3 is 0 Å². The maximum atomic E-state index is 5.85. The Balaban J connectivity index is 2.25. The summed E-state index contributed by atoms with van der Waals surface area (Å²) >= 11 is 5.85. The molecule has 96 valence electrons. The van der Waals surface area contributed by atoms with E-state index >= 15 is 0 Å². The summed E-state index contributed by atoms with van der Waals surface area (Å²) in [6.07, 6.45) is 4.50. The highest BCUT2D eigenvalue weighted by molar-refractivity contribution is 6.17. The van der Waals surface area contributed by atoms with Crippen molar-refractivity contribution in [3.8, 4) is 11.6 Å². The van der Waals surface area contributed by atoms with Crippen molar-refractivity contribution in [2.24, 2.45) is 0 Å². The molecule has 0 aliphatic rings. The van der Waals surface area contributed by atoms with Gasteiger partial charge in [-0.05, 0) is 31.0 Å². The molecule has 0 bridgehead atoms. The number of alkyl halides is 1. The Morgan fingerprint density at radius 1 is 1.39 bits per heavy atom. The molecule has 0 saturated heterocycles. The molecule has 5 heteroatoms. The van der Waals surface area contributed by atoms with Crippen LogP contribution in [0.1, 0.15) is 24.6 Å². The van der Waals surface area contributed by atoms with Crippen LogP contribution in [0.25, 0.3) is 5.82 Å². The van der Waals surface area contributed by atoms with Crippen LogP contribution in [0.15, 0.2) is 24.5 Å². The van der Waals surface area contributed by atoms with E-state index in [9.17, 15) is 0 Å². The lowest BCUT2D eigenvalue weighted by molar-refractivity contribution is 0.317. The minimum atomic E-state index is 0.469. The average molecular weight is 266 g/mol. The summed E-state index contributed by atoms with van der Waals surface area (Å²) in [4.78, 5) is 4.43. The van der Waals surface area contributed by atoms with Gasteiger partial charge in [0.15, 0.2) is 11.6 Å². The van der Waals surface area contributed by atoms with Crippen LogP contribution in [0.3, 0.4) is 0 Å². The molecule has 2 aromatic rings. The maximum Gasteiger partial charge on any atom is 0.157 e. The van der Waals surface area contributed by atoms with Gasteiger partial charge in [-0.1, -0.05) is 6.92 Å². The zero-order valence-electron chi connectivity index (χ0n) is 10.6. The third-order valence-corrected chi connectivity index (χ3v) is 2.73. The van der Waals surface area contributed by atoms with E-state index in [1.807, 2.05) is 25.3 Å². The third-order valence-electron chi connectivity index (χ3n) is 2.42. The zero-order chi connectivity index (χ0) is 13.0. The van der Waals surface area contributed by atoms with Crippen molar-refractivity contribution in [2.75, 3.05) is 6.61 Å². The average Bonchev–Trinajstić information content (AvgIpc) is 2.84. The molecule has 18 heavy (non-hydrogen) atoms. The molecule has 4 nitrogen and oxygen atoms in total. The summed E-state index contributed by atoms with van der Waals surface area (Å²) in [6, 6.07) is 3.89. The van der Waals surface area contributed by atoms with Gasteiger partial charge in [-0.15, -0.1) is 11.6 Å². The van der Waals surface area contributed by atoms with Crippen LogP contribution in [0.2, 0.25) is 0 Å². The van der Waals surface area contributed by atoms with E-state index in [2.05, 4.69) is 17.0 Å². The molecule has 0 N–H and O–H groups in total. The lowest BCUT2D eigenvalue weighted by Crippen LogP contribution is -2.00. The number of hydrogen-bond donors (Lipinski definition) is 0. The lowest BCUT2D eigenvalue weighted by Gasteiger charge is -2.04. The number of halogens is 1. The molecule has 0 aliphatic carbocycles. The quantitative estimate of drug-likeness (QED) is 0.780. The van der Waals surface area contributed by atoms with Crippen molar-refractivity contribution >= 4 is 11.6 Å². The predicted molar refractivity (Wildman–Crippen MR) is 71.4 cm³/mol. The van der Waals surface area contributed by atoms with Crippen molar-refractivity contribution in [1.29, 1.82) is 0 Å². The molecule has 2 heterocycles. The predicted octanol–water partition coefficient (Wildman–Crippen LogP) is 3.10. The van der Waals surface area contributed by atoms with Gasteiger partial charge in [0, 0.05) is 11.6 Å². The Morgan fingerprint density at radius 2 is 2.22 bits per heavy atom. The first kappa shape index (κ1) is 12.9. The monoisotopic (exact) mass is 265 g/mol. The zero-order valence-corrected chi connectivity index (χ0v) is 11.3. The van der Waals surface area contributed by atoms with E-state index in [4.69, 9.17) is 16.3 Å². The summed E-state index contributed by atoms with van der Waals surface area (Å²) in [6.45, 7) is 4.71. The largest absolute Gasteiger partial charge is 0.490 e. The maximum absolute atomic E-state index is 5.85. The highest BCUT2D eigenvalue weighted by Gasteiger charge is 2.05. The molecule has 0 saturated carbocycles. The van der Waals surface area contributed by atoms with Gasteiger partial charge in [-0.25, -0.2) is 9.67 Å². The number of pyridine rings is 1. The summed E-state index contributed by atoms with van der Waals surface area (Å²) in [5.41, 5.74) is 1.96. The fourth-order valence-corrected chi connectivity index (χ4v) is 1.80. The molecule has 0 aliphatic heterocycles. The van der Waals surface area contributed by atoms with Crippen LogP contribution in [0.4, 0.5) is 0 Å². The normalized spacial score (nSPS) is 10.6.